The van der Waals surface area contributed by atoms with Gasteiger partial charge in [-0.3, -0.25) is 0 Å². The first-order valence-electron chi connectivity index (χ1n) is 6.41. The molecule has 0 aliphatic rings. The maximum Gasteiger partial charge on any atom is 0.0473 e. The van der Waals surface area contributed by atoms with Gasteiger partial charge in [-0.25, -0.2) is 0 Å². The highest BCUT2D eigenvalue weighted by Crippen LogP contribution is 2.19. The quantitative estimate of drug-likeness (QED) is 0.361. The highest BCUT2D eigenvalue weighted by Gasteiger charge is 2.16. The predicted molar refractivity (Wildman–Crippen MR) is 70.4 cm³/mol. The van der Waals surface area contributed by atoms with Crippen LogP contribution < -0.4 is 0 Å². The van der Waals surface area contributed by atoms with Crippen molar-refractivity contribution in [3.63, 3.8) is 0 Å². The second-order valence-electron chi connectivity index (χ2n) is 5.29. The lowest BCUT2D eigenvalue weighted by Gasteiger charge is -2.19. The van der Waals surface area contributed by atoms with E-state index < -0.39 is 8.07 Å². The second kappa shape index (κ2) is 8.52. The summed E-state index contributed by atoms with van der Waals surface area (Å²) in [7, 11) is -0.864. The first-order valence-corrected chi connectivity index (χ1v) is 9.83. The van der Waals surface area contributed by atoms with Crippen LogP contribution in [0.3, 0.4) is 0 Å². The van der Waals surface area contributed by atoms with Crippen LogP contribution in [0.15, 0.2) is 0 Å². The maximum atomic E-state index is 4.06. The van der Waals surface area contributed by atoms with Crippen molar-refractivity contribution < 1.29 is 0 Å². The average Bonchev–Trinajstić information content (AvgIpc) is 2.16. The van der Waals surface area contributed by atoms with Gasteiger partial charge in [-0.05, 0) is 0 Å². The fourth-order valence-electron chi connectivity index (χ4n) is 1.69. The predicted octanol–water partition coefficient (Wildman–Crippen LogP) is 5.28. The molecule has 0 bridgehead atoms. The van der Waals surface area contributed by atoms with Crippen molar-refractivity contribution in [2.24, 2.45) is 0 Å². The van der Waals surface area contributed by atoms with Gasteiger partial charge in [0, 0.05) is 8.07 Å². The van der Waals surface area contributed by atoms with Crippen LogP contribution in [0.4, 0.5) is 0 Å². The van der Waals surface area contributed by atoms with Crippen molar-refractivity contribution >= 4 is 8.07 Å². The van der Waals surface area contributed by atoms with Gasteiger partial charge in [-0.1, -0.05) is 84.0 Å². The van der Waals surface area contributed by atoms with E-state index in [-0.39, 0.29) is 0 Å². The Morgan fingerprint density at radius 2 is 1.36 bits per heavy atom. The van der Waals surface area contributed by atoms with Crippen LogP contribution in [0.25, 0.3) is 0 Å². The van der Waals surface area contributed by atoms with E-state index >= 15 is 0 Å². The zero-order valence-corrected chi connectivity index (χ0v) is 11.6. The highest BCUT2D eigenvalue weighted by molar-refractivity contribution is 6.77. The topological polar surface area (TPSA) is 0 Å². The monoisotopic (exact) mass is 213 g/mol. The highest BCUT2D eigenvalue weighted by atomic mass is 28.3. The Morgan fingerprint density at radius 1 is 0.857 bits per heavy atom. The molecule has 0 aromatic rings. The zero-order chi connectivity index (χ0) is 10.9. The molecule has 0 aliphatic carbocycles. The smallest absolute Gasteiger partial charge is 0.0473 e. The molecule has 0 saturated heterocycles. The van der Waals surface area contributed by atoms with Crippen molar-refractivity contribution in [2.75, 3.05) is 0 Å². The zero-order valence-electron chi connectivity index (χ0n) is 10.6. The van der Waals surface area contributed by atoms with Gasteiger partial charge in [0.2, 0.25) is 0 Å². The Balaban J connectivity index is 3.13. The number of unbranched alkanes of at least 4 members (excludes halogenated alkanes) is 6. The van der Waals surface area contributed by atoms with Gasteiger partial charge in [-0.2, -0.15) is 0 Å². The summed E-state index contributed by atoms with van der Waals surface area (Å²) >= 11 is 0. The van der Waals surface area contributed by atoms with Gasteiger partial charge < -0.3 is 0 Å². The molecule has 0 fully saturated rings. The largest absolute Gasteiger partial charge is 0.0693 e. The molecule has 0 unspecified atom stereocenters. The standard InChI is InChI=1S/C13H29Si/c1-5-7-8-9-10-11-12-13-14(3,4)6-2/h2,5-13H2,1,3-4H3. The van der Waals surface area contributed by atoms with Gasteiger partial charge in [0.1, 0.15) is 0 Å². The molecule has 85 valence electrons. The fraction of sp³-hybridized carbons (Fsp3) is 0.923. The van der Waals surface area contributed by atoms with Crippen molar-refractivity contribution in [2.45, 2.75) is 77.1 Å². The first kappa shape index (κ1) is 14.2. The molecule has 0 atom stereocenters. The van der Waals surface area contributed by atoms with Gasteiger partial charge in [0.15, 0.2) is 0 Å². The molecule has 0 rings (SSSR count). The molecule has 0 aromatic carbocycles. The minimum absolute atomic E-state index is 0.864. The Labute approximate surface area is 92.5 Å². The van der Waals surface area contributed by atoms with E-state index in [4.69, 9.17) is 0 Å². The van der Waals surface area contributed by atoms with Crippen LogP contribution in [0.1, 0.15) is 51.9 Å². The third-order valence-corrected chi connectivity index (χ3v) is 6.19. The summed E-state index contributed by atoms with van der Waals surface area (Å²) < 4.78 is 0. The summed E-state index contributed by atoms with van der Waals surface area (Å²) in [5.74, 6) is 0. The maximum absolute atomic E-state index is 4.06. The van der Waals surface area contributed by atoms with E-state index in [1.54, 1.807) is 0 Å². The van der Waals surface area contributed by atoms with Gasteiger partial charge >= 0.3 is 0 Å². The molecule has 1 radical (unpaired) electrons. The van der Waals surface area contributed by atoms with Gasteiger partial charge in [0.25, 0.3) is 0 Å². The lowest BCUT2D eigenvalue weighted by atomic mass is 10.1. The lowest BCUT2D eigenvalue weighted by Crippen LogP contribution is -2.23. The van der Waals surface area contributed by atoms with Crippen LogP contribution in [-0.2, 0) is 0 Å². The summed E-state index contributed by atoms with van der Waals surface area (Å²) in [6, 6.07) is 2.70. The summed E-state index contributed by atoms with van der Waals surface area (Å²) in [6.45, 7) is 11.3. The van der Waals surface area contributed by atoms with Crippen LogP contribution in [0.2, 0.25) is 25.2 Å². The second-order valence-corrected chi connectivity index (χ2v) is 10.6. The van der Waals surface area contributed by atoms with E-state index in [1.165, 1.54) is 57.0 Å². The van der Waals surface area contributed by atoms with E-state index in [0.717, 1.165) is 0 Å². The summed E-state index contributed by atoms with van der Waals surface area (Å²) in [4.78, 5) is 0. The Hall–Kier alpha value is 0.217. The number of hydrogen-bond acceptors (Lipinski definition) is 0. The van der Waals surface area contributed by atoms with Crippen LogP contribution in [-0.4, -0.2) is 8.07 Å². The van der Waals surface area contributed by atoms with Crippen molar-refractivity contribution in [3.8, 4) is 0 Å². The number of hydrogen-bond donors (Lipinski definition) is 0. The molecule has 1 heteroatoms. The summed E-state index contributed by atoms with van der Waals surface area (Å²) in [6.07, 6.45) is 10.1. The Bertz CT molecular complexity index is 118. The molecule has 0 saturated carbocycles. The van der Waals surface area contributed by atoms with E-state index in [9.17, 15) is 0 Å². The van der Waals surface area contributed by atoms with E-state index in [0.29, 0.717) is 0 Å². The molecule has 14 heavy (non-hydrogen) atoms. The molecular weight excluding hydrogens is 184 g/mol. The van der Waals surface area contributed by atoms with Crippen molar-refractivity contribution in [1.82, 2.24) is 0 Å². The molecule has 0 N–H and O–H groups in total. The lowest BCUT2D eigenvalue weighted by molar-refractivity contribution is 0.600. The third-order valence-electron chi connectivity index (χ3n) is 3.13. The van der Waals surface area contributed by atoms with E-state index in [2.05, 4.69) is 26.9 Å². The van der Waals surface area contributed by atoms with Gasteiger partial charge in [0.05, 0.1) is 0 Å². The molecule has 0 heterocycles. The van der Waals surface area contributed by atoms with Crippen molar-refractivity contribution in [3.05, 3.63) is 6.92 Å². The number of rotatable bonds is 9. The SMILES string of the molecule is [CH2]C[Si](C)(C)CCCCCCCCC. The van der Waals surface area contributed by atoms with Crippen LogP contribution in [0, 0.1) is 6.92 Å². The molecule has 0 amide bonds. The third kappa shape index (κ3) is 8.80. The average molecular weight is 213 g/mol. The van der Waals surface area contributed by atoms with Crippen molar-refractivity contribution in [1.29, 1.82) is 0 Å². The van der Waals surface area contributed by atoms with Gasteiger partial charge in [-0.15, -0.1) is 0 Å². The molecular formula is C13H29Si. The normalized spacial score (nSPS) is 12.0. The minimum atomic E-state index is -0.864. The molecule has 0 spiro atoms. The van der Waals surface area contributed by atoms with Crippen LogP contribution >= 0.6 is 0 Å². The Kier molecular flexibility index (Phi) is 8.65. The molecule has 0 nitrogen and oxygen atoms in total. The first-order chi connectivity index (χ1) is 6.62. The summed E-state index contributed by atoms with van der Waals surface area (Å²) in [5.41, 5.74) is 0. The van der Waals surface area contributed by atoms with Crippen LogP contribution in [0.5, 0.6) is 0 Å². The Morgan fingerprint density at radius 3 is 1.86 bits per heavy atom. The summed E-state index contributed by atoms with van der Waals surface area (Å²) in [5, 5.41) is 0. The fourth-order valence-corrected chi connectivity index (χ4v) is 3.14. The molecule has 0 aliphatic heterocycles. The minimum Gasteiger partial charge on any atom is -0.0693 e. The molecule has 0 aromatic heterocycles. The van der Waals surface area contributed by atoms with E-state index in [1.807, 2.05) is 0 Å².